The standard InChI is InChI=1S/C12H16N2O/c1-3-8-14(12(13)15)9-11-6-4-10(2)5-7-11/h3-7H,1,8-9H2,2H3,(H2,13,15). The Labute approximate surface area is 90.2 Å². The number of carbonyl (C=O) groups is 1. The summed E-state index contributed by atoms with van der Waals surface area (Å²) in [4.78, 5) is 12.6. The van der Waals surface area contributed by atoms with E-state index in [9.17, 15) is 4.79 Å². The van der Waals surface area contributed by atoms with Crippen LogP contribution in [0.2, 0.25) is 0 Å². The molecule has 0 heterocycles. The lowest BCUT2D eigenvalue weighted by Crippen LogP contribution is -2.35. The van der Waals surface area contributed by atoms with E-state index < -0.39 is 6.03 Å². The molecule has 0 aromatic heterocycles. The van der Waals surface area contributed by atoms with Crippen molar-refractivity contribution in [1.82, 2.24) is 4.90 Å². The molecule has 0 atom stereocenters. The Morgan fingerprint density at radius 2 is 2.07 bits per heavy atom. The molecule has 2 amide bonds. The Kier molecular flexibility index (Phi) is 3.92. The van der Waals surface area contributed by atoms with Gasteiger partial charge in [0, 0.05) is 13.1 Å². The summed E-state index contributed by atoms with van der Waals surface area (Å²) in [7, 11) is 0. The van der Waals surface area contributed by atoms with Gasteiger partial charge in [-0.15, -0.1) is 6.58 Å². The second-order valence-electron chi connectivity index (χ2n) is 3.49. The molecule has 1 aromatic rings. The monoisotopic (exact) mass is 204 g/mol. The van der Waals surface area contributed by atoms with Gasteiger partial charge < -0.3 is 10.6 Å². The number of aryl methyl sites for hydroxylation is 1. The Morgan fingerprint density at radius 3 is 2.53 bits per heavy atom. The van der Waals surface area contributed by atoms with Gasteiger partial charge in [0.15, 0.2) is 0 Å². The highest BCUT2D eigenvalue weighted by Crippen LogP contribution is 2.06. The molecule has 80 valence electrons. The molecule has 0 fully saturated rings. The predicted molar refractivity (Wildman–Crippen MR) is 61.4 cm³/mol. The van der Waals surface area contributed by atoms with Gasteiger partial charge in [0.25, 0.3) is 0 Å². The van der Waals surface area contributed by atoms with Crippen LogP contribution in [0.1, 0.15) is 11.1 Å². The van der Waals surface area contributed by atoms with Gasteiger partial charge in [0.2, 0.25) is 0 Å². The third-order valence-corrected chi connectivity index (χ3v) is 2.16. The fourth-order valence-corrected chi connectivity index (χ4v) is 1.30. The molecular formula is C12H16N2O. The number of amides is 2. The highest BCUT2D eigenvalue weighted by molar-refractivity contribution is 5.72. The predicted octanol–water partition coefficient (Wildman–Crippen LogP) is 2.06. The number of rotatable bonds is 4. The number of nitrogens with two attached hydrogens (primary N) is 1. The molecule has 0 radical (unpaired) electrons. The van der Waals surface area contributed by atoms with Gasteiger partial charge in [-0.25, -0.2) is 4.79 Å². The van der Waals surface area contributed by atoms with Crippen molar-refractivity contribution in [2.24, 2.45) is 5.73 Å². The Morgan fingerprint density at radius 1 is 1.47 bits per heavy atom. The number of urea groups is 1. The lowest BCUT2D eigenvalue weighted by atomic mass is 10.1. The first-order valence-electron chi connectivity index (χ1n) is 4.84. The minimum Gasteiger partial charge on any atom is -0.351 e. The lowest BCUT2D eigenvalue weighted by Gasteiger charge is -2.18. The Bertz CT molecular complexity index is 343. The van der Waals surface area contributed by atoms with Crippen LogP contribution in [0, 0.1) is 6.92 Å². The second-order valence-corrected chi connectivity index (χ2v) is 3.49. The van der Waals surface area contributed by atoms with Crippen molar-refractivity contribution in [3.8, 4) is 0 Å². The average molecular weight is 204 g/mol. The van der Waals surface area contributed by atoms with Crippen LogP contribution in [0.5, 0.6) is 0 Å². The van der Waals surface area contributed by atoms with Gasteiger partial charge >= 0.3 is 6.03 Å². The largest absolute Gasteiger partial charge is 0.351 e. The summed E-state index contributed by atoms with van der Waals surface area (Å²) in [6, 6.07) is 7.60. The van der Waals surface area contributed by atoms with E-state index in [2.05, 4.69) is 6.58 Å². The molecular weight excluding hydrogens is 188 g/mol. The van der Waals surface area contributed by atoms with Crippen molar-refractivity contribution >= 4 is 6.03 Å². The van der Waals surface area contributed by atoms with Gasteiger partial charge in [-0.1, -0.05) is 35.9 Å². The third-order valence-electron chi connectivity index (χ3n) is 2.16. The molecule has 15 heavy (non-hydrogen) atoms. The van der Waals surface area contributed by atoms with Crippen molar-refractivity contribution in [3.05, 3.63) is 48.0 Å². The van der Waals surface area contributed by atoms with Gasteiger partial charge in [-0.05, 0) is 12.5 Å². The molecule has 0 aliphatic rings. The van der Waals surface area contributed by atoms with Crippen LogP contribution in [0.4, 0.5) is 4.79 Å². The van der Waals surface area contributed by atoms with Crippen molar-refractivity contribution in [3.63, 3.8) is 0 Å². The maximum absolute atomic E-state index is 11.1. The molecule has 0 saturated heterocycles. The number of hydrogen-bond donors (Lipinski definition) is 1. The first-order chi connectivity index (χ1) is 7.13. The molecule has 2 N–H and O–H groups in total. The van der Waals surface area contributed by atoms with Crippen LogP contribution in [0.25, 0.3) is 0 Å². The lowest BCUT2D eigenvalue weighted by molar-refractivity contribution is 0.211. The zero-order valence-electron chi connectivity index (χ0n) is 8.94. The number of primary amides is 1. The second kappa shape index (κ2) is 5.20. The Balaban J connectivity index is 2.69. The summed E-state index contributed by atoms with van der Waals surface area (Å²) in [5.74, 6) is 0. The SMILES string of the molecule is C=CCN(Cc1ccc(C)cc1)C(N)=O. The molecule has 0 aliphatic heterocycles. The maximum atomic E-state index is 11.1. The van der Waals surface area contributed by atoms with Crippen LogP contribution < -0.4 is 5.73 Å². The van der Waals surface area contributed by atoms with E-state index in [1.165, 1.54) is 10.5 Å². The summed E-state index contributed by atoms with van der Waals surface area (Å²) in [5.41, 5.74) is 7.51. The average Bonchev–Trinajstić information content (AvgIpc) is 2.20. The van der Waals surface area contributed by atoms with Crippen LogP contribution in [-0.2, 0) is 6.54 Å². The van der Waals surface area contributed by atoms with E-state index in [-0.39, 0.29) is 0 Å². The fraction of sp³-hybridized carbons (Fsp3) is 0.250. The van der Waals surface area contributed by atoms with Crippen molar-refractivity contribution < 1.29 is 4.79 Å². The molecule has 3 heteroatoms. The summed E-state index contributed by atoms with van der Waals surface area (Å²) >= 11 is 0. The normalized spacial score (nSPS) is 9.67. The van der Waals surface area contributed by atoms with Crippen LogP contribution in [0.3, 0.4) is 0 Å². The Hall–Kier alpha value is -1.77. The zero-order chi connectivity index (χ0) is 11.3. The number of carbonyl (C=O) groups excluding carboxylic acids is 1. The summed E-state index contributed by atoms with van der Waals surface area (Å²) in [5, 5.41) is 0. The molecule has 3 nitrogen and oxygen atoms in total. The first kappa shape index (κ1) is 11.3. The molecule has 1 aromatic carbocycles. The summed E-state index contributed by atoms with van der Waals surface area (Å²) < 4.78 is 0. The van der Waals surface area contributed by atoms with Crippen molar-refractivity contribution in [1.29, 1.82) is 0 Å². The van der Waals surface area contributed by atoms with E-state index in [0.717, 1.165) is 5.56 Å². The maximum Gasteiger partial charge on any atom is 0.315 e. The molecule has 1 rings (SSSR count). The van der Waals surface area contributed by atoms with Crippen molar-refractivity contribution in [2.75, 3.05) is 6.54 Å². The minimum atomic E-state index is -0.421. The van der Waals surface area contributed by atoms with E-state index in [0.29, 0.717) is 13.1 Å². The van der Waals surface area contributed by atoms with E-state index in [1.807, 2.05) is 31.2 Å². The topological polar surface area (TPSA) is 46.3 Å². The molecule has 0 aliphatic carbocycles. The van der Waals surface area contributed by atoms with Gasteiger partial charge in [-0.2, -0.15) is 0 Å². The highest BCUT2D eigenvalue weighted by atomic mass is 16.2. The van der Waals surface area contributed by atoms with E-state index >= 15 is 0 Å². The van der Waals surface area contributed by atoms with Crippen LogP contribution >= 0.6 is 0 Å². The molecule has 0 saturated carbocycles. The van der Waals surface area contributed by atoms with Gasteiger partial charge in [0.05, 0.1) is 0 Å². The van der Waals surface area contributed by atoms with E-state index in [4.69, 9.17) is 5.73 Å². The quantitative estimate of drug-likeness (QED) is 0.750. The number of nitrogens with zero attached hydrogens (tertiary/aromatic N) is 1. The minimum absolute atomic E-state index is 0.421. The van der Waals surface area contributed by atoms with Crippen LogP contribution in [0.15, 0.2) is 36.9 Å². The number of hydrogen-bond acceptors (Lipinski definition) is 1. The smallest absolute Gasteiger partial charge is 0.315 e. The van der Waals surface area contributed by atoms with Gasteiger partial charge in [0.1, 0.15) is 0 Å². The molecule has 0 unspecified atom stereocenters. The zero-order valence-corrected chi connectivity index (χ0v) is 8.94. The summed E-state index contributed by atoms with van der Waals surface area (Å²) in [6.07, 6.45) is 1.67. The van der Waals surface area contributed by atoms with E-state index in [1.54, 1.807) is 6.08 Å². The number of benzene rings is 1. The van der Waals surface area contributed by atoms with Gasteiger partial charge in [-0.3, -0.25) is 0 Å². The fourth-order valence-electron chi connectivity index (χ4n) is 1.30. The van der Waals surface area contributed by atoms with Crippen LogP contribution in [-0.4, -0.2) is 17.5 Å². The first-order valence-corrected chi connectivity index (χ1v) is 4.84. The third kappa shape index (κ3) is 3.46. The molecule has 0 bridgehead atoms. The molecule has 0 spiro atoms. The van der Waals surface area contributed by atoms with Crippen molar-refractivity contribution in [2.45, 2.75) is 13.5 Å². The highest BCUT2D eigenvalue weighted by Gasteiger charge is 2.07. The summed E-state index contributed by atoms with van der Waals surface area (Å²) in [6.45, 7) is 6.62.